The number of benzene rings is 1. The molecular weight excluding hydrogens is 414 g/mol. The van der Waals surface area contributed by atoms with Crippen LogP contribution < -0.4 is 0 Å². The maximum atomic E-state index is 12.6. The zero-order valence-electron chi connectivity index (χ0n) is 17.4. The van der Waals surface area contributed by atoms with Gasteiger partial charge in [-0.3, -0.25) is 9.69 Å². The normalized spacial score (nSPS) is 19.8. The molecule has 0 N–H and O–H groups in total. The predicted molar refractivity (Wildman–Crippen MR) is 118 cm³/mol. The van der Waals surface area contributed by atoms with Crippen LogP contribution in [-0.2, 0) is 6.54 Å². The number of likely N-dealkylation sites (tertiary alicyclic amines) is 2. The van der Waals surface area contributed by atoms with Gasteiger partial charge in [0, 0.05) is 30.2 Å². The van der Waals surface area contributed by atoms with Gasteiger partial charge in [0.05, 0.1) is 18.8 Å². The summed E-state index contributed by atoms with van der Waals surface area (Å²) >= 11 is 5.98. The van der Waals surface area contributed by atoms with Gasteiger partial charge in [-0.1, -0.05) is 16.8 Å². The van der Waals surface area contributed by atoms with Crippen molar-refractivity contribution in [3.05, 3.63) is 59.1 Å². The van der Waals surface area contributed by atoms with E-state index in [2.05, 4.69) is 15.2 Å². The van der Waals surface area contributed by atoms with Gasteiger partial charge >= 0.3 is 0 Å². The van der Waals surface area contributed by atoms with Gasteiger partial charge in [-0.25, -0.2) is 4.68 Å². The first kappa shape index (κ1) is 20.3. The number of amides is 1. The third kappa shape index (κ3) is 4.52. The van der Waals surface area contributed by atoms with Crippen molar-refractivity contribution >= 4 is 17.5 Å². The summed E-state index contributed by atoms with van der Waals surface area (Å²) in [4.78, 5) is 16.8. The number of hydrogen-bond acceptors (Lipinski definition) is 5. The summed E-state index contributed by atoms with van der Waals surface area (Å²) in [5.41, 5.74) is 1.47. The van der Waals surface area contributed by atoms with Crippen LogP contribution in [0.5, 0.6) is 0 Å². The molecule has 5 rings (SSSR count). The maximum absolute atomic E-state index is 12.6. The third-order valence-electron chi connectivity index (χ3n) is 6.15. The number of furan rings is 1. The standard InChI is InChI=1S/C23H26ClN5O2/c24-18-7-5-17(6-8-18)22-10-9-20(31-22)15-27-11-3-4-19(14-27)29-16-21(25-26-29)23(30)28-12-1-2-13-28/h5-10,16,19H,1-4,11-15H2. The lowest BCUT2D eigenvalue weighted by Crippen LogP contribution is -2.36. The lowest BCUT2D eigenvalue weighted by molar-refractivity contribution is 0.0787. The second kappa shape index (κ2) is 8.85. The summed E-state index contributed by atoms with van der Waals surface area (Å²) in [7, 11) is 0. The van der Waals surface area contributed by atoms with Crippen molar-refractivity contribution < 1.29 is 9.21 Å². The molecule has 1 unspecified atom stereocenters. The molecule has 0 bridgehead atoms. The van der Waals surface area contributed by atoms with E-state index >= 15 is 0 Å². The van der Waals surface area contributed by atoms with Gasteiger partial charge in [-0.05, 0) is 68.6 Å². The highest BCUT2D eigenvalue weighted by Crippen LogP contribution is 2.27. The Hall–Kier alpha value is -2.64. The minimum atomic E-state index is 0.00160. The second-order valence-electron chi connectivity index (χ2n) is 8.39. The van der Waals surface area contributed by atoms with Crippen LogP contribution in [-0.4, -0.2) is 56.9 Å². The van der Waals surface area contributed by atoms with E-state index in [1.54, 1.807) is 0 Å². The minimum Gasteiger partial charge on any atom is -0.460 e. The van der Waals surface area contributed by atoms with E-state index in [0.717, 1.165) is 75.5 Å². The average molecular weight is 440 g/mol. The van der Waals surface area contributed by atoms with Crippen LogP contribution in [0, 0.1) is 0 Å². The number of carbonyl (C=O) groups excluding carboxylic acids is 1. The highest BCUT2D eigenvalue weighted by molar-refractivity contribution is 6.30. The van der Waals surface area contributed by atoms with Gasteiger partial charge in [0.25, 0.3) is 5.91 Å². The Morgan fingerprint density at radius 2 is 1.87 bits per heavy atom. The number of rotatable bonds is 5. The fraction of sp³-hybridized carbons (Fsp3) is 0.435. The maximum Gasteiger partial charge on any atom is 0.276 e. The van der Waals surface area contributed by atoms with E-state index in [1.807, 2.05) is 52.2 Å². The van der Waals surface area contributed by atoms with E-state index in [0.29, 0.717) is 10.7 Å². The second-order valence-corrected chi connectivity index (χ2v) is 8.82. The molecular formula is C23H26ClN5O2. The molecule has 0 aliphatic carbocycles. The molecule has 2 aliphatic heterocycles. The average Bonchev–Trinajstić information content (AvgIpc) is 3.56. The van der Waals surface area contributed by atoms with E-state index in [-0.39, 0.29) is 11.9 Å². The van der Waals surface area contributed by atoms with Gasteiger partial charge in [0.2, 0.25) is 0 Å². The first-order chi connectivity index (χ1) is 15.2. The van der Waals surface area contributed by atoms with Crippen LogP contribution in [0.1, 0.15) is 48.0 Å². The zero-order valence-corrected chi connectivity index (χ0v) is 18.2. The molecule has 2 aliphatic rings. The van der Waals surface area contributed by atoms with Gasteiger partial charge < -0.3 is 9.32 Å². The summed E-state index contributed by atoms with van der Waals surface area (Å²) in [6, 6.07) is 11.9. The molecule has 0 radical (unpaired) electrons. The Balaban J connectivity index is 1.22. The van der Waals surface area contributed by atoms with E-state index < -0.39 is 0 Å². The molecule has 0 saturated carbocycles. The molecule has 8 heteroatoms. The lowest BCUT2D eigenvalue weighted by atomic mass is 10.1. The molecule has 7 nitrogen and oxygen atoms in total. The molecule has 1 aromatic carbocycles. The predicted octanol–water partition coefficient (Wildman–Crippen LogP) is 4.26. The lowest BCUT2D eigenvalue weighted by Gasteiger charge is -2.31. The fourth-order valence-electron chi connectivity index (χ4n) is 4.48. The van der Waals surface area contributed by atoms with Gasteiger partial charge in [0.15, 0.2) is 5.69 Å². The van der Waals surface area contributed by atoms with Crippen molar-refractivity contribution in [2.75, 3.05) is 26.2 Å². The molecule has 2 aromatic heterocycles. The summed E-state index contributed by atoms with van der Waals surface area (Å²) in [6.07, 6.45) is 6.07. The Bertz CT molecular complexity index is 1040. The number of carbonyl (C=O) groups is 1. The molecule has 2 fully saturated rings. The Kier molecular flexibility index (Phi) is 5.78. The van der Waals surface area contributed by atoms with Crippen LogP contribution in [0.25, 0.3) is 11.3 Å². The summed E-state index contributed by atoms with van der Waals surface area (Å²) in [5, 5.41) is 9.16. The van der Waals surface area contributed by atoms with Crippen molar-refractivity contribution in [2.24, 2.45) is 0 Å². The first-order valence-electron chi connectivity index (χ1n) is 10.9. The zero-order chi connectivity index (χ0) is 21.2. The summed E-state index contributed by atoms with van der Waals surface area (Å²) < 4.78 is 7.95. The largest absolute Gasteiger partial charge is 0.460 e. The monoisotopic (exact) mass is 439 g/mol. The van der Waals surface area contributed by atoms with Gasteiger partial charge in [0.1, 0.15) is 11.5 Å². The Labute approximate surface area is 186 Å². The molecule has 4 heterocycles. The van der Waals surface area contributed by atoms with Gasteiger partial charge in [-0.15, -0.1) is 5.10 Å². The number of nitrogens with zero attached hydrogens (tertiary/aromatic N) is 5. The molecule has 0 spiro atoms. The van der Waals surface area contributed by atoms with Crippen LogP contribution in [0.15, 0.2) is 47.0 Å². The van der Waals surface area contributed by atoms with E-state index in [4.69, 9.17) is 16.0 Å². The van der Waals surface area contributed by atoms with E-state index in [1.165, 1.54) is 0 Å². The molecule has 2 saturated heterocycles. The number of halogens is 1. The van der Waals surface area contributed by atoms with Crippen LogP contribution in [0.2, 0.25) is 5.02 Å². The van der Waals surface area contributed by atoms with E-state index in [9.17, 15) is 4.79 Å². The third-order valence-corrected chi connectivity index (χ3v) is 6.40. The summed E-state index contributed by atoms with van der Waals surface area (Å²) in [5.74, 6) is 1.79. The van der Waals surface area contributed by atoms with Crippen molar-refractivity contribution in [3.63, 3.8) is 0 Å². The number of hydrogen-bond donors (Lipinski definition) is 0. The SMILES string of the molecule is O=C(c1cn(C2CCCN(Cc3ccc(-c4ccc(Cl)cc4)o3)C2)nn1)N1CCCC1. The Morgan fingerprint density at radius 1 is 1.06 bits per heavy atom. The smallest absolute Gasteiger partial charge is 0.276 e. The van der Waals surface area contributed by atoms with Crippen LogP contribution in [0.4, 0.5) is 0 Å². The number of piperidine rings is 1. The van der Waals surface area contributed by atoms with Crippen molar-refractivity contribution in [2.45, 2.75) is 38.3 Å². The fourth-order valence-corrected chi connectivity index (χ4v) is 4.60. The van der Waals surface area contributed by atoms with Crippen molar-refractivity contribution in [1.82, 2.24) is 24.8 Å². The highest BCUT2D eigenvalue weighted by atomic mass is 35.5. The van der Waals surface area contributed by atoms with Crippen molar-refractivity contribution in [3.8, 4) is 11.3 Å². The van der Waals surface area contributed by atoms with Crippen LogP contribution in [0.3, 0.4) is 0 Å². The molecule has 1 amide bonds. The topological polar surface area (TPSA) is 67.4 Å². The van der Waals surface area contributed by atoms with Crippen LogP contribution >= 0.6 is 11.6 Å². The minimum absolute atomic E-state index is 0.00160. The molecule has 3 aromatic rings. The molecule has 1 atom stereocenters. The van der Waals surface area contributed by atoms with Crippen molar-refractivity contribution in [1.29, 1.82) is 0 Å². The highest BCUT2D eigenvalue weighted by Gasteiger charge is 2.26. The number of aromatic nitrogens is 3. The Morgan fingerprint density at radius 3 is 2.68 bits per heavy atom. The molecule has 31 heavy (non-hydrogen) atoms. The molecule has 162 valence electrons. The summed E-state index contributed by atoms with van der Waals surface area (Å²) in [6.45, 7) is 4.27. The van der Waals surface area contributed by atoms with Gasteiger partial charge in [-0.2, -0.15) is 0 Å². The first-order valence-corrected chi connectivity index (χ1v) is 11.3. The quantitative estimate of drug-likeness (QED) is 0.594.